The average Bonchev–Trinajstić information content (AvgIpc) is 3.02. The summed E-state index contributed by atoms with van der Waals surface area (Å²) in [6, 6.07) is 13.7. The third-order valence-corrected chi connectivity index (χ3v) is 7.37. The number of hydrogen-bond donors (Lipinski definition) is 1. The first-order chi connectivity index (χ1) is 20.5. The number of fused-ring (bicyclic) bond motifs is 1. The maximum Gasteiger partial charge on any atom is 0.339 e. The molecule has 0 aliphatic carbocycles. The van der Waals surface area contributed by atoms with E-state index in [-0.39, 0.29) is 61.4 Å². The minimum Gasteiger partial charge on any atom is -0.506 e. The van der Waals surface area contributed by atoms with Crippen molar-refractivity contribution in [3.8, 4) is 45.6 Å². The summed E-state index contributed by atoms with van der Waals surface area (Å²) in [6.07, 6.45) is 0. The SMILES string of the molecule is COC(=O)c1c(C(=O)c2ccc(C(C)(C)C)cc2)c(O)c2cc(OC)c(OC)c(OC)c2c1-c1cccc(OC)c1OC. The summed E-state index contributed by atoms with van der Waals surface area (Å²) in [5.41, 5.74) is 1.29. The van der Waals surface area contributed by atoms with Crippen LogP contribution in [0.25, 0.3) is 21.9 Å². The predicted octanol–water partition coefficient (Wildman–Crippen LogP) is 6.57. The lowest BCUT2D eigenvalue weighted by atomic mass is 9.83. The van der Waals surface area contributed by atoms with Gasteiger partial charge in [0.25, 0.3) is 0 Å². The first kappa shape index (κ1) is 31.0. The van der Waals surface area contributed by atoms with Gasteiger partial charge in [0.05, 0.1) is 53.8 Å². The lowest BCUT2D eigenvalue weighted by molar-refractivity contribution is 0.0598. The Balaban J connectivity index is 2.28. The molecule has 9 nitrogen and oxygen atoms in total. The Kier molecular flexibility index (Phi) is 8.75. The maximum absolute atomic E-state index is 14.3. The van der Waals surface area contributed by atoms with Crippen molar-refractivity contribution in [1.82, 2.24) is 0 Å². The van der Waals surface area contributed by atoms with Crippen LogP contribution in [0.5, 0.6) is 34.5 Å². The van der Waals surface area contributed by atoms with Crippen LogP contribution in [0.3, 0.4) is 0 Å². The summed E-state index contributed by atoms with van der Waals surface area (Å²) >= 11 is 0. The van der Waals surface area contributed by atoms with Crippen molar-refractivity contribution in [2.45, 2.75) is 26.2 Å². The van der Waals surface area contributed by atoms with Crippen molar-refractivity contribution in [3.05, 3.63) is 70.8 Å². The number of esters is 1. The molecule has 226 valence electrons. The molecule has 0 spiro atoms. The number of benzene rings is 4. The zero-order valence-corrected chi connectivity index (χ0v) is 25.8. The summed E-state index contributed by atoms with van der Waals surface area (Å²) in [7, 11) is 8.46. The van der Waals surface area contributed by atoms with E-state index >= 15 is 0 Å². The molecule has 0 aliphatic heterocycles. The minimum atomic E-state index is -0.858. The molecule has 43 heavy (non-hydrogen) atoms. The predicted molar refractivity (Wildman–Crippen MR) is 164 cm³/mol. The van der Waals surface area contributed by atoms with Crippen molar-refractivity contribution in [3.63, 3.8) is 0 Å². The van der Waals surface area contributed by atoms with Gasteiger partial charge in [-0.25, -0.2) is 4.79 Å². The molecule has 0 saturated carbocycles. The van der Waals surface area contributed by atoms with Gasteiger partial charge in [-0.2, -0.15) is 0 Å². The first-order valence-electron chi connectivity index (χ1n) is 13.4. The Labute approximate surface area is 250 Å². The van der Waals surface area contributed by atoms with E-state index in [4.69, 9.17) is 28.4 Å². The Morgan fingerprint density at radius 2 is 1.30 bits per heavy atom. The number of phenolic OH excluding ortho intramolecular Hbond substituents is 1. The maximum atomic E-state index is 14.3. The Morgan fingerprint density at radius 3 is 1.81 bits per heavy atom. The molecule has 0 aliphatic rings. The molecular weight excluding hydrogens is 552 g/mol. The second-order valence-corrected chi connectivity index (χ2v) is 10.7. The van der Waals surface area contributed by atoms with Crippen molar-refractivity contribution >= 4 is 22.5 Å². The van der Waals surface area contributed by atoms with Gasteiger partial charge in [0, 0.05) is 27.5 Å². The number of ether oxygens (including phenoxy) is 6. The molecule has 4 aromatic rings. The molecule has 9 heteroatoms. The molecule has 0 fully saturated rings. The summed E-state index contributed by atoms with van der Waals surface area (Å²) in [6.45, 7) is 6.20. The van der Waals surface area contributed by atoms with Gasteiger partial charge >= 0.3 is 5.97 Å². The van der Waals surface area contributed by atoms with Gasteiger partial charge < -0.3 is 33.5 Å². The van der Waals surface area contributed by atoms with Gasteiger partial charge in [-0.3, -0.25) is 4.79 Å². The molecular formula is C34H36O9. The molecule has 1 N–H and O–H groups in total. The fourth-order valence-electron chi connectivity index (χ4n) is 5.24. The normalized spacial score (nSPS) is 11.2. The Morgan fingerprint density at radius 1 is 0.698 bits per heavy atom. The second kappa shape index (κ2) is 12.1. The van der Waals surface area contributed by atoms with Crippen LogP contribution in [0.2, 0.25) is 0 Å². The average molecular weight is 589 g/mol. The van der Waals surface area contributed by atoms with E-state index in [0.29, 0.717) is 11.3 Å². The van der Waals surface area contributed by atoms with E-state index in [1.807, 2.05) is 12.1 Å². The van der Waals surface area contributed by atoms with Gasteiger partial charge in [0.15, 0.2) is 28.8 Å². The molecule has 0 atom stereocenters. The lowest BCUT2D eigenvalue weighted by Gasteiger charge is -2.24. The van der Waals surface area contributed by atoms with Crippen LogP contribution in [-0.4, -0.2) is 59.5 Å². The summed E-state index contributed by atoms with van der Waals surface area (Å²) < 4.78 is 33.5. The Bertz CT molecular complexity index is 1700. The Hall–Kier alpha value is -4.92. The van der Waals surface area contributed by atoms with Gasteiger partial charge in [-0.05, 0) is 23.1 Å². The number of methoxy groups -OCH3 is 6. The van der Waals surface area contributed by atoms with Gasteiger partial charge in [0.1, 0.15) is 5.75 Å². The molecule has 0 unspecified atom stereocenters. The standard InChI is InChI=1S/C34H36O9/c1-34(2,3)19-15-13-18(14-16-19)28(35)27-26(33(37)43-9)24(20-11-10-12-22(38-4)30(20)40-6)25-21(29(27)36)17-23(39-5)31(41-7)32(25)42-8/h10-17,36H,1-9H3. The molecule has 0 radical (unpaired) electrons. The zero-order valence-electron chi connectivity index (χ0n) is 25.8. The molecule has 0 saturated heterocycles. The lowest BCUT2D eigenvalue weighted by Crippen LogP contribution is -2.16. The molecule has 4 aromatic carbocycles. The van der Waals surface area contributed by atoms with Crippen molar-refractivity contribution in [2.75, 3.05) is 42.7 Å². The summed E-state index contributed by atoms with van der Waals surface area (Å²) in [4.78, 5) is 28.0. The van der Waals surface area contributed by atoms with Crippen LogP contribution in [0.15, 0.2) is 48.5 Å². The number of rotatable bonds is 9. The highest BCUT2D eigenvalue weighted by Gasteiger charge is 2.35. The molecule has 0 bridgehead atoms. The van der Waals surface area contributed by atoms with Crippen LogP contribution >= 0.6 is 0 Å². The number of aromatic hydroxyl groups is 1. The zero-order chi connectivity index (χ0) is 31.6. The van der Waals surface area contributed by atoms with Gasteiger partial charge in [-0.1, -0.05) is 57.2 Å². The number of carbonyl (C=O) groups excluding carboxylic acids is 2. The van der Waals surface area contributed by atoms with Gasteiger partial charge in [0.2, 0.25) is 5.75 Å². The van der Waals surface area contributed by atoms with Crippen LogP contribution in [0.1, 0.15) is 52.6 Å². The highest BCUT2D eigenvalue weighted by atomic mass is 16.5. The van der Waals surface area contributed by atoms with Gasteiger partial charge in [-0.15, -0.1) is 0 Å². The second-order valence-electron chi connectivity index (χ2n) is 10.7. The van der Waals surface area contributed by atoms with E-state index < -0.39 is 17.5 Å². The summed E-state index contributed by atoms with van der Waals surface area (Å²) in [5.74, 6) is -0.622. The van der Waals surface area contributed by atoms with Crippen LogP contribution in [0.4, 0.5) is 0 Å². The van der Waals surface area contributed by atoms with E-state index in [0.717, 1.165) is 5.56 Å². The number of carbonyl (C=O) groups is 2. The highest BCUT2D eigenvalue weighted by molar-refractivity contribution is 6.25. The van der Waals surface area contributed by atoms with Crippen LogP contribution in [-0.2, 0) is 10.2 Å². The third kappa shape index (κ3) is 5.27. The number of para-hydroxylation sites is 1. The highest BCUT2D eigenvalue weighted by Crippen LogP contribution is 2.54. The van der Waals surface area contributed by atoms with E-state index in [2.05, 4.69) is 20.8 Å². The first-order valence-corrected chi connectivity index (χ1v) is 13.4. The smallest absolute Gasteiger partial charge is 0.339 e. The van der Waals surface area contributed by atoms with Crippen molar-refractivity contribution < 1.29 is 43.1 Å². The molecule has 0 amide bonds. The van der Waals surface area contributed by atoms with Crippen molar-refractivity contribution in [2.24, 2.45) is 0 Å². The molecule has 0 aromatic heterocycles. The van der Waals surface area contributed by atoms with E-state index in [1.54, 1.807) is 30.3 Å². The summed E-state index contributed by atoms with van der Waals surface area (Å²) in [5, 5.41) is 12.3. The quantitative estimate of drug-likeness (QED) is 0.171. The largest absolute Gasteiger partial charge is 0.506 e. The number of ketones is 1. The minimum absolute atomic E-state index is 0.147. The number of phenols is 1. The number of hydrogen-bond acceptors (Lipinski definition) is 9. The fourth-order valence-corrected chi connectivity index (χ4v) is 5.24. The topological polar surface area (TPSA) is 110 Å². The molecule has 4 rings (SSSR count). The van der Waals surface area contributed by atoms with E-state index in [1.165, 1.54) is 48.7 Å². The molecule has 0 heterocycles. The van der Waals surface area contributed by atoms with Crippen LogP contribution in [0, 0.1) is 0 Å². The van der Waals surface area contributed by atoms with E-state index in [9.17, 15) is 14.7 Å². The van der Waals surface area contributed by atoms with Crippen molar-refractivity contribution in [1.29, 1.82) is 0 Å². The monoisotopic (exact) mass is 588 g/mol. The fraction of sp³-hybridized carbons (Fsp3) is 0.294. The van der Waals surface area contributed by atoms with Crippen LogP contribution < -0.4 is 23.7 Å². The third-order valence-electron chi connectivity index (χ3n) is 7.37.